The van der Waals surface area contributed by atoms with Crippen LogP contribution < -0.4 is 11.1 Å². The minimum Gasteiger partial charge on any atom is -0.395 e. The van der Waals surface area contributed by atoms with Gasteiger partial charge in [-0.3, -0.25) is 0 Å². The number of fused-ring (bicyclic) bond motifs is 1. The molecule has 18 heavy (non-hydrogen) atoms. The van der Waals surface area contributed by atoms with Crippen LogP contribution in [0.25, 0.3) is 10.2 Å². The highest BCUT2D eigenvalue weighted by Crippen LogP contribution is 2.30. The van der Waals surface area contributed by atoms with Gasteiger partial charge in [-0.25, -0.2) is 4.98 Å². The fourth-order valence-electron chi connectivity index (χ4n) is 1.79. The normalized spacial score (nSPS) is 10.9. The summed E-state index contributed by atoms with van der Waals surface area (Å²) in [5.74, 6) is 0.783. The van der Waals surface area contributed by atoms with Crippen LogP contribution in [-0.4, -0.2) is 10.1 Å². The van der Waals surface area contributed by atoms with Gasteiger partial charge in [-0.05, 0) is 19.1 Å². The summed E-state index contributed by atoms with van der Waals surface area (Å²) in [6.07, 6.45) is 0. The molecule has 3 rings (SSSR count). The molecule has 6 heteroatoms. The number of nitrogens with one attached hydrogen (secondary N) is 1. The Hall–Kier alpha value is -2.08. The highest BCUT2D eigenvalue weighted by Gasteiger charge is 2.07. The molecule has 1 aromatic carbocycles. The molecule has 5 nitrogen and oxygen atoms in total. The van der Waals surface area contributed by atoms with Crippen molar-refractivity contribution in [3.63, 3.8) is 0 Å². The lowest BCUT2D eigenvalue weighted by Crippen LogP contribution is -2.02. The first-order chi connectivity index (χ1) is 8.74. The predicted molar refractivity (Wildman–Crippen MR) is 72.6 cm³/mol. The van der Waals surface area contributed by atoms with Crippen molar-refractivity contribution in [3.8, 4) is 0 Å². The average Bonchev–Trinajstić information content (AvgIpc) is 2.97. The van der Waals surface area contributed by atoms with E-state index >= 15 is 0 Å². The number of thiazole rings is 1. The summed E-state index contributed by atoms with van der Waals surface area (Å²) in [4.78, 5) is 4.26. The smallest absolute Gasteiger partial charge is 0.156 e. The average molecular weight is 260 g/mol. The van der Waals surface area contributed by atoms with Gasteiger partial charge in [0.2, 0.25) is 0 Å². The van der Waals surface area contributed by atoms with Crippen molar-refractivity contribution in [1.82, 2.24) is 10.1 Å². The molecular weight excluding hydrogens is 248 g/mol. The molecule has 0 aliphatic heterocycles. The third-order valence-electron chi connectivity index (χ3n) is 2.67. The third-order valence-corrected chi connectivity index (χ3v) is 3.47. The van der Waals surface area contributed by atoms with E-state index in [1.165, 1.54) is 0 Å². The first kappa shape index (κ1) is 11.0. The fraction of sp³-hybridized carbons (Fsp3) is 0.167. The standard InChI is InChI=1S/C12H12N4OS/c1-7-4-8(17-16-7)5-14-9-2-3-10-12(11(9)13)15-6-18-10/h2-4,6,14H,5,13H2,1H3. The number of aromatic nitrogens is 2. The Bertz CT molecular complexity index is 688. The van der Waals surface area contributed by atoms with E-state index < -0.39 is 0 Å². The summed E-state index contributed by atoms with van der Waals surface area (Å²) in [7, 11) is 0. The molecule has 92 valence electrons. The van der Waals surface area contributed by atoms with Crippen molar-refractivity contribution in [2.75, 3.05) is 11.1 Å². The molecule has 0 radical (unpaired) electrons. The van der Waals surface area contributed by atoms with Gasteiger partial charge >= 0.3 is 0 Å². The monoisotopic (exact) mass is 260 g/mol. The maximum atomic E-state index is 6.07. The molecule has 0 aliphatic rings. The number of aryl methyl sites for hydroxylation is 1. The molecule has 2 heterocycles. The van der Waals surface area contributed by atoms with Crippen LogP contribution in [0.2, 0.25) is 0 Å². The van der Waals surface area contributed by atoms with E-state index in [0.29, 0.717) is 12.2 Å². The number of nitrogens with two attached hydrogens (primary N) is 1. The number of nitrogen functional groups attached to an aromatic ring is 1. The van der Waals surface area contributed by atoms with E-state index in [0.717, 1.165) is 27.4 Å². The lowest BCUT2D eigenvalue weighted by Gasteiger charge is -2.07. The Kier molecular flexibility index (Phi) is 2.64. The van der Waals surface area contributed by atoms with E-state index in [4.69, 9.17) is 10.3 Å². The van der Waals surface area contributed by atoms with Crippen molar-refractivity contribution < 1.29 is 4.52 Å². The van der Waals surface area contributed by atoms with Crippen molar-refractivity contribution in [2.45, 2.75) is 13.5 Å². The molecule has 0 unspecified atom stereocenters. The highest BCUT2D eigenvalue weighted by molar-refractivity contribution is 7.16. The van der Waals surface area contributed by atoms with E-state index in [1.54, 1.807) is 16.8 Å². The highest BCUT2D eigenvalue weighted by atomic mass is 32.1. The van der Waals surface area contributed by atoms with Crippen LogP contribution in [0.5, 0.6) is 0 Å². The summed E-state index contributed by atoms with van der Waals surface area (Å²) in [6.45, 7) is 2.45. The van der Waals surface area contributed by atoms with Crippen LogP contribution in [-0.2, 0) is 6.54 Å². The number of hydrogen-bond acceptors (Lipinski definition) is 6. The van der Waals surface area contributed by atoms with E-state index in [9.17, 15) is 0 Å². The van der Waals surface area contributed by atoms with Gasteiger partial charge < -0.3 is 15.6 Å². The molecule has 3 N–H and O–H groups in total. The Morgan fingerprint density at radius 1 is 1.44 bits per heavy atom. The molecule has 0 atom stereocenters. The SMILES string of the molecule is Cc1cc(CNc2ccc3scnc3c2N)on1. The fourth-order valence-corrected chi connectivity index (χ4v) is 2.48. The van der Waals surface area contributed by atoms with Gasteiger partial charge in [0.05, 0.1) is 33.8 Å². The zero-order chi connectivity index (χ0) is 12.5. The van der Waals surface area contributed by atoms with Gasteiger partial charge in [0.1, 0.15) is 5.52 Å². The van der Waals surface area contributed by atoms with Gasteiger partial charge in [0.25, 0.3) is 0 Å². The Labute approximate surface area is 108 Å². The van der Waals surface area contributed by atoms with E-state index in [1.807, 2.05) is 25.1 Å². The van der Waals surface area contributed by atoms with Crippen LogP contribution in [0, 0.1) is 6.92 Å². The molecule has 0 spiro atoms. The molecule has 0 saturated heterocycles. The number of nitrogens with zero attached hydrogens (tertiary/aromatic N) is 2. The van der Waals surface area contributed by atoms with Crippen molar-refractivity contribution in [1.29, 1.82) is 0 Å². The van der Waals surface area contributed by atoms with Crippen LogP contribution in [0.1, 0.15) is 11.5 Å². The molecule has 0 aliphatic carbocycles. The first-order valence-electron chi connectivity index (χ1n) is 5.52. The van der Waals surface area contributed by atoms with Crippen LogP contribution in [0.4, 0.5) is 11.4 Å². The van der Waals surface area contributed by atoms with Crippen LogP contribution in [0.15, 0.2) is 28.2 Å². The van der Waals surface area contributed by atoms with Crippen molar-refractivity contribution in [3.05, 3.63) is 35.2 Å². The minimum atomic E-state index is 0.556. The summed E-state index contributed by atoms with van der Waals surface area (Å²) in [5.41, 5.74) is 11.1. The third kappa shape index (κ3) is 1.91. The second kappa shape index (κ2) is 4.30. The maximum absolute atomic E-state index is 6.07. The summed E-state index contributed by atoms with van der Waals surface area (Å²) in [6, 6.07) is 5.86. The van der Waals surface area contributed by atoms with E-state index in [-0.39, 0.29) is 0 Å². The van der Waals surface area contributed by atoms with Gasteiger partial charge in [-0.1, -0.05) is 5.16 Å². The quantitative estimate of drug-likeness (QED) is 0.708. The molecule has 3 aromatic rings. The van der Waals surface area contributed by atoms with Gasteiger partial charge in [0.15, 0.2) is 5.76 Å². The van der Waals surface area contributed by atoms with Crippen LogP contribution >= 0.6 is 11.3 Å². The molecule has 0 amide bonds. The van der Waals surface area contributed by atoms with Gasteiger partial charge in [0, 0.05) is 6.07 Å². The minimum absolute atomic E-state index is 0.556. The van der Waals surface area contributed by atoms with Crippen molar-refractivity contribution >= 4 is 32.9 Å². The number of anilines is 2. The summed E-state index contributed by atoms with van der Waals surface area (Å²) < 4.78 is 6.22. The number of rotatable bonds is 3. The molecule has 0 fully saturated rings. The zero-order valence-electron chi connectivity index (χ0n) is 9.80. The second-order valence-electron chi connectivity index (χ2n) is 4.01. The Morgan fingerprint density at radius 3 is 3.11 bits per heavy atom. The first-order valence-corrected chi connectivity index (χ1v) is 6.40. The number of hydrogen-bond donors (Lipinski definition) is 2. The topological polar surface area (TPSA) is 77.0 Å². The molecule has 0 bridgehead atoms. The van der Waals surface area contributed by atoms with Crippen LogP contribution in [0.3, 0.4) is 0 Å². The molecule has 0 saturated carbocycles. The largest absolute Gasteiger partial charge is 0.395 e. The lowest BCUT2D eigenvalue weighted by molar-refractivity contribution is 0.384. The second-order valence-corrected chi connectivity index (χ2v) is 4.90. The summed E-state index contributed by atoms with van der Waals surface area (Å²) >= 11 is 1.58. The number of benzene rings is 1. The van der Waals surface area contributed by atoms with Gasteiger partial charge in [-0.15, -0.1) is 11.3 Å². The lowest BCUT2D eigenvalue weighted by atomic mass is 10.2. The Morgan fingerprint density at radius 2 is 2.33 bits per heavy atom. The zero-order valence-corrected chi connectivity index (χ0v) is 10.6. The van der Waals surface area contributed by atoms with Gasteiger partial charge in [-0.2, -0.15) is 0 Å². The van der Waals surface area contributed by atoms with E-state index in [2.05, 4.69) is 15.5 Å². The predicted octanol–water partition coefficient (Wildman–Crippen LogP) is 2.79. The van der Waals surface area contributed by atoms with Crippen molar-refractivity contribution in [2.24, 2.45) is 0 Å². The molecular formula is C12H12N4OS. The summed E-state index contributed by atoms with van der Waals surface area (Å²) in [5, 5.41) is 7.07. The molecule has 2 aromatic heterocycles. The maximum Gasteiger partial charge on any atom is 0.156 e. The Balaban J connectivity index is 1.84.